The second kappa shape index (κ2) is 4.97. The molecule has 0 aliphatic rings. The van der Waals surface area contributed by atoms with E-state index >= 15 is 0 Å². The summed E-state index contributed by atoms with van der Waals surface area (Å²) < 4.78 is 42.1. The zero-order valence-corrected chi connectivity index (χ0v) is 10.7. The molecule has 0 bridgehead atoms. The molecule has 6 heteroatoms. The molecule has 0 saturated carbocycles. The van der Waals surface area contributed by atoms with E-state index in [1.807, 2.05) is 0 Å². The Morgan fingerprint density at radius 3 is 2.29 bits per heavy atom. The number of nitrogens with zero attached hydrogens (tertiary/aromatic N) is 2. The van der Waals surface area contributed by atoms with Gasteiger partial charge in [0.2, 0.25) is 0 Å². The van der Waals surface area contributed by atoms with E-state index in [0.29, 0.717) is 5.69 Å². The summed E-state index contributed by atoms with van der Waals surface area (Å²) in [5.41, 5.74) is 5.96. The van der Waals surface area contributed by atoms with E-state index < -0.39 is 17.5 Å². The Labute approximate surface area is 118 Å². The molecule has 0 radical (unpaired) electrons. The zero-order valence-electron chi connectivity index (χ0n) is 10.7. The highest BCUT2D eigenvalue weighted by atomic mass is 19.1. The highest BCUT2D eigenvalue weighted by Crippen LogP contribution is 2.30. The molecule has 0 fully saturated rings. The van der Waals surface area contributed by atoms with Crippen LogP contribution in [0.4, 0.5) is 18.9 Å². The lowest BCUT2D eigenvalue weighted by atomic mass is 10.1. The molecule has 0 aliphatic heterocycles. The second-order valence-corrected chi connectivity index (χ2v) is 4.45. The van der Waals surface area contributed by atoms with Crippen LogP contribution >= 0.6 is 0 Å². The highest BCUT2D eigenvalue weighted by molar-refractivity contribution is 5.73. The maximum Gasteiger partial charge on any atom is 0.135 e. The average Bonchev–Trinajstić information content (AvgIpc) is 2.81. The van der Waals surface area contributed by atoms with Crippen molar-refractivity contribution in [1.29, 1.82) is 0 Å². The van der Waals surface area contributed by atoms with Crippen molar-refractivity contribution in [1.82, 2.24) is 9.78 Å². The van der Waals surface area contributed by atoms with Gasteiger partial charge in [-0.15, -0.1) is 0 Å². The summed E-state index contributed by atoms with van der Waals surface area (Å²) >= 11 is 0. The molecule has 1 aromatic heterocycles. The lowest BCUT2D eigenvalue weighted by molar-refractivity contribution is 0.588. The van der Waals surface area contributed by atoms with Crippen LogP contribution in [0.25, 0.3) is 16.9 Å². The molecule has 0 unspecified atom stereocenters. The molecule has 0 amide bonds. The molecule has 1 heterocycles. The molecule has 106 valence electrons. The molecular formula is C15H10F3N3. The summed E-state index contributed by atoms with van der Waals surface area (Å²) in [5, 5.41) is 4.06. The minimum atomic E-state index is -0.758. The average molecular weight is 289 g/mol. The Morgan fingerprint density at radius 2 is 1.62 bits per heavy atom. The first-order chi connectivity index (χ1) is 10.1. The lowest BCUT2D eigenvalue weighted by Crippen LogP contribution is -1.97. The molecule has 2 N–H and O–H groups in total. The quantitative estimate of drug-likeness (QED) is 0.784. The Balaban J connectivity index is 2.15. The summed E-state index contributed by atoms with van der Waals surface area (Å²) in [6, 6.07) is 9.15. The topological polar surface area (TPSA) is 43.8 Å². The second-order valence-electron chi connectivity index (χ2n) is 4.45. The van der Waals surface area contributed by atoms with Crippen LogP contribution < -0.4 is 5.73 Å². The van der Waals surface area contributed by atoms with Gasteiger partial charge in [0.1, 0.15) is 23.1 Å². The van der Waals surface area contributed by atoms with Crippen LogP contribution in [0.1, 0.15) is 0 Å². The van der Waals surface area contributed by atoms with E-state index in [2.05, 4.69) is 5.10 Å². The van der Waals surface area contributed by atoms with Gasteiger partial charge in [-0.05, 0) is 30.3 Å². The fraction of sp³-hybridized carbons (Fsp3) is 0. The molecule has 0 saturated heterocycles. The van der Waals surface area contributed by atoms with Crippen LogP contribution in [-0.4, -0.2) is 9.78 Å². The van der Waals surface area contributed by atoms with Gasteiger partial charge in [0.15, 0.2) is 0 Å². The maximum atomic E-state index is 13.8. The third-order valence-corrected chi connectivity index (χ3v) is 3.01. The van der Waals surface area contributed by atoms with Crippen molar-refractivity contribution in [3.05, 3.63) is 66.1 Å². The van der Waals surface area contributed by atoms with Crippen molar-refractivity contribution >= 4 is 5.69 Å². The normalized spacial score (nSPS) is 10.8. The Bertz CT molecular complexity index is 791. The van der Waals surface area contributed by atoms with Crippen LogP contribution in [0, 0.1) is 17.5 Å². The number of hydrogen-bond acceptors (Lipinski definition) is 2. The number of aromatic nitrogens is 2. The van der Waals surface area contributed by atoms with Crippen LogP contribution in [0.2, 0.25) is 0 Å². The largest absolute Gasteiger partial charge is 0.396 e. The minimum Gasteiger partial charge on any atom is -0.396 e. The van der Waals surface area contributed by atoms with Gasteiger partial charge >= 0.3 is 0 Å². The molecule has 3 nitrogen and oxygen atoms in total. The van der Waals surface area contributed by atoms with Crippen molar-refractivity contribution in [2.45, 2.75) is 0 Å². The molecule has 0 aliphatic carbocycles. The number of anilines is 1. The van der Waals surface area contributed by atoms with Crippen molar-refractivity contribution in [2.75, 3.05) is 5.73 Å². The van der Waals surface area contributed by atoms with Crippen molar-refractivity contribution < 1.29 is 13.2 Å². The smallest absolute Gasteiger partial charge is 0.135 e. The minimum absolute atomic E-state index is 0.0186. The molecule has 0 spiro atoms. The fourth-order valence-electron chi connectivity index (χ4n) is 2.06. The van der Waals surface area contributed by atoms with E-state index in [-0.39, 0.29) is 16.9 Å². The van der Waals surface area contributed by atoms with Crippen LogP contribution in [0.3, 0.4) is 0 Å². The van der Waals surface area contributed by atoms with Crippen LogP contribution in [-0.2, 0) is 0 Å². The number of benzene rings is 2. The summed E-state index contributed by atoms with van der Waals surface area (Å²) in [4.78, 5) is 0. The van der Waals surface area contributed by atoms with Crippen LogP contribution in [0.5, 0.6) is 0 Å². The molecule has 3 aromatic rings. The van der Waals surface area contributed by atoms with E-state index in [1.165, 1.54) is 35.1 Å². The summed E-state index contributed by atoms with van der Waals surface area (Å²) in [7, 11) is 0. The van der Waals surface area contributed by atoms with Crippen molar-refractivity contribution in [3.8, 4) is 16.9 Å². The molecule has 0 atom stereocenters. The Hall–Kier alpha value is -2.76. The molecule has 2 aromatic carbocycles. The van der Waals surface area contributed by atoms with E-state index in [1.54, 1.807) is 6.07 Å². The first kappa shape index (κ1) is 13.2. The first-order valence-corrected chi connectivity index (χ1v) is 6.12. The summed E-state index contributed by atoms with van der Waals surface area (Å²) in [5.74, 6) is -1.96. The van der Waals surface area contributed by atoms with Crippen molar-refractivity contribution in [2.24, 2.45) is 0 Å². The number of halogens is 3. The van der Waals surface area contributed by atoms with Gasteiger partial charge in [0, 0.05) is 0 Å². The van der Waals surface area contributed by atoms with Gasteiger partial charge in [-0.25, -0.2) is 17.9 Å². The maximum absolute atomic E-state index is 13.8. The summed E-state index contributed by atoms with van der Waals surface area (Å²) in [6.45, 7) is 0. The van der Waals surface area contributed by atoms with Crippen molar-refractivity contribution in [3.63, 3.8) is 0 Å². The Morgan fingerprint density at radius 1 is 0.952 bits per heavy atom. The SMILES string of the molecule is Nc1cn(-c2cccc(F)c2)nc1-c1c(F)cccc1F. The van der Waals surface area contributed by atoms with Gasteiger partial charge in [0.05, 0.1) is 23.1 Å². The van der Waals surface area contributed by atoms with Gasteiger partial charge in [-0.1, -0.05) is 12.1 Å². The predicted molar refractivity (Wildman–Crippen MR) is 73.3 cm³/mol. The van der Waals surface area contributed by atoms with Gasteiger partial charge in [-0.2, -0.15) is 5.10 Å². The van der Waals surface area contributed by atoms with E-state index in [9.17, 15) is 13.2 Å². The zero-order chi connectivity index (χ0) is 15.0. The molecule has 3 rings (SSSR count). The standard InChI is InChI=1S/C15H10F3N3/c16-9-3-1-4-10(7-9)21-8-13(19)15(20-21)14-11(17)5-2-6-12(14)18/h1-8H,19H2. The number of rotatable bonds is 2. The fourth-order valence-corrected chi connectivity index (χ4v) is 2.06. The molecule has 21 heavy (non-hydrogen) atoms. The first-order valence-electron chi connectivity index (χ1n) is 6.12. The summed E-state index contributed by atoms with van der Waals surface area (Å²) in [6.07, 6.45) is 1.38. The molecular weight excluding hydrogens is 279 g/mol. The van der Waals surface area contributed by atoms with Gasteiger partial charge < -0.3 is 5.73 Å². The number of hydrogen-bond donors (Lipinski definition) is 1. The predicted octanol–water partition coefficient (Wildman–Crippen LogP) is 3.54. The van der Waals surface area contributed by atoms with E-state index in [0.717, 1.165) is 12.1 Å². The highest BCUT2D eigenvalue weighted by Gasteiger charge is 2.18. The van der Waals surface area contributed by atoms with Gasteiger partial charge in [-0.3, -0.25) is 0 Å². The monoisotopic (exact) mass is 289 g/mol. The third-order valence-electron chi connectivity index (χ3n) is 3.01. The Kier molecular flexibility index (Phi) is 3.13. The lowest BCUT2D eigenvalue weighted by Gasteiger charge is -2.03. The van der Waals surface area contributed by atoms with E-state index in [4.69, 9.17) is 5.73 Å². The van der Waals surface area contributed by atoms with Crippen LogP contribution in [0.15, 0.2) is 48.7 Å². The number of nitrogen functional groups attached to an aromatic ring is 1. The van der Waals surface area contributed by atoms with Gasteiger partial charge in [0.25, 0.3) is 0 Å². The number of nitrogens with two attached hydrogens (primary N) is 1. The third kappa shape index (κ3) is 2.35.